The lowest BCUT2D eigenvalue weighted by Gasteiger charge is -2.16. The third kappa shape index (κ3) is 2.37. The summed E-state index contributed by atoms with van der Waals surface area (Å²) in [5.74, 6) is 1.79. The highest BCUT2D eigenvalue weighted by Gasteiger charge is 2.17. The lowest BCUT2D eigenvalue weighted by Crippen LogP contribution is -2.21. The summed E-state index contributed by atoms with van der Waals surface area (Å²) in [6.45, 7) is 6.16. The van der Waals surface area contributed by atoms with Crippen molar-refractivity contribution in [3.05, 3.63) is 11.1 Å². The van der Waals surface area contributed by atoms with Gasteiger partial charge >= 0.3 is 0 Å². The van der Waals surface area contributed by atoms with E-state index in [1.165, 1.54) is 12.8 Å². The van der Waals surface area contributed by atoms with Gasteiger partial charge in [0.15, 0.2) is 0 Å². The van der Waals surface area contributed by atoms with E-state index in [0.717, 1.165) is 24.9 Å². The highest BCUT2D eigenvalue weighted by Crippen LogP contribution is 2.19. The van der Waals surface area contributed by atoms with Crippen LogP contribution in [-0.4, -0.2) is 28.0 Å². The van der Waals surface area contributed by atoms with Gasteiger partial charge in [-0.25, -0.2) is 4.98 Å². The summed E-state index contributed by atoms with van der Waals surface area (Å²) in [6.07, 6.45) is 2.42. The van der Waals surface area contributed by atoms with E-state index in [9.17, 15) is 0 Å². The molecule has 1 aromatic heterocycles. The Morgan fingerprint density at radius 2 is 1.80 bits per heavy atom. The Morgan fingerprint density at radius 1 is 1.13 bits per heavy atom. The molecule has 1 aromatic rings. The maximum absolute atomic E-state index is 5.88. The molecule has 2 rings (SSSR count). The van der Waals surface area contributed by atoms with Gasteiger partial charge in [-0.1, -0.05) is 13.8 Å². The summed E-state index contributed by atoms with van der Waals surface area (Å²) in [7, 11) is 0. The van der Waals surface area contributed by atoms with Crippen molar-refractivity contribution in [1.29, 1.82) is 0 Å². The zero-order chi connectivity index (χ0) is 10.8. The molecule has 5 heteroatoms. The molecule has 0 N–H and O–H groups in total. The van der Waals surface area contributed by atoms with Gasteiger partial charge in [-0.15, -0.1) is 0 Å². The SMILES string of the molecule is CC(C)c1nc(Cl)nc(N2CCCC2)n1. The Morgan fingerprint density at radius 3 is 2.40 bits per heavy atom. The summed E-state index contributed by atoms with van der Waals surface area (Å²) >= 11 is 5.88. The molecular weight excluding hydrogens is 212 g/mol. The van der Waals surface area contributed by atoms with Crippen molar-refractivity contribution in [2.45, 2.75) is 32.6 Å². The number of rotatable bonds is 2. The molecule has 1 fully saturated rings. The Bertz CT molecular complexity index is 347. The van der Waals surface area contributed by atoms with Crippen molar-refractivity contribution in [2.24, 2.45) is 0 Å². The molecule has 0 aliphatic carbocycles. The van der Waals surface area contributed by atoms with E-state index >= 15 is 0 Å². The molecule has 15 heavy (non-hydrogen) atoms. The Balaban J connectivity index is 2.30. The molecule has 0 bridgehead atoms. The first kappa shape index (κ1) is 10.6. The van der Waals surface area contributed by atoms with Gasteiger partial charge in [0, 0.05) is 19.0 Å². The number of hydrogen-bond donors (Lipinski definition) is 0. The van der Waals surface area contributed by atoms with E-state index < -0.39 is 0 Å². The van der Waals surface area contributed by atoms with Crippen molar-refractivity contribution in [2.75, 3.05) is 18.0 Å². The predicted molar refractivity (Wildman–Crippen MR) is 60.4 cm³/mol. The Kier molecular flexibility index (Phi) is 3.05. The molecule has 1 aliphatic rings. The average Bonchev–Trinajstić information content (AvgIpc) is 2.69. The van der Waals surface area contributed by atoms with Crippen LogP contribution < -0.4 is 4.90 Å². The molecule has 0 saturated carbocycles. The number of nitrogens with zero attached hydrogens (tertiary/aromatic N) is 4. The Labute approximate surface area is 94.7 Å². The number of halogens is 1. The maximum Gasteiger partial charge on any atom is 0.229 e. The van der Waals surface area contributed by atoms with Gasteiger partial charge in [-0.2, -0.15) is 9.97 Å². The highest BCUT2D eigenvalue weighted by molar-refractivity contribution is 6.28. The van der Waals surface area contributed by atoms with Crippen LogP contribution >= 0.6 is 11.6 Å². The van der Waals surface area contributed by atoms with Crippen LogP contribution in [0.25, 0.3) is 0 Å². The quantitative estimate of drug-likeness (QED) is 0.776. The smallest absolute Gasteiger partial charge is 0.229 e. The average molecular weight is 227 g/mol. The lowest BCUT2D eigenvalue weighted by atomic mass is 10.2. The molecule has 0 unspecified atom stereocenters. The van der Waals surface area contributed by atoms with Crippen LogP contribution in [0, 0.1) is 0 Å². The third-order valence-corrected chi connectivity index (χ3v) is 2.69. The van der Waals surface area contributed by atoms with E-state index in [1.54, 1.807) is 0 Å². The standard InChI is InChI=1S/C10H15ClN4/c1-7(2)8-12-9(11)14-10(13-8)15-5-3-4-6-15/h7H,3-6H2,1-2H3. The minimum absolute atomic E-state index is 0.284. The molecule has 0 atom stereocenters. The van der Waals surface area contributed by atoms with Crippen molar-refractivity contribution >= 4 is 17.5 Å². The number of anilines is 1. The van der Waals surface area contributed by atoms with E-state index in [4.69, 9.17) is 11.6 Å². The van der Waals surface area contributed by atoms with Gasteiger partial charge in [-0.05, 0) is 24.4 Å². The lowest BCUT2D eigenvalue weighted by molar-refractivity contribution is 0.746. The third-order valence-electron chi connectivity index (χ3n) is 2.52. The summed E-state index contributed by atoms with van der Waals surface area (Å²) in [4.78, 5) is 14.9. The molecule has 82 valence electrons. The van der Waals surface area contributed by atoms with Crippen molar-refractivity contribution in [3.63, 3.8) is 0 Å². The molecule has 0 spiro atoms. The molecule has 0 radical (unpaired) electrons. The van der Waals surface area contributed by atoms with Gasteiger partial charge < -0.3 is 4.90 Å². The monoisotopic (exact) mass is 226 g/mol. The fraction of sp³-hybridized carbons (Fsp3) is 0.700. The minimum Gasteiger partial charge on any atom is -0.341 e. The molecule has 0 amide bonds. The topological polar surface area (TPSA) is 41.9 Å². The van der Waals surface area contributed by atoms with Gasteiger partial charge in [0.1, 0.15) is 5.82 Å². The van der Waals surface area contributed by atoms with Crippen molar-refractivity contribution in [3.8, 4) is 0 Å². The van der Waals surface area contributed by atoms with Crippen LogP contribution in [-0.2, 0) is 0 Å². The zero-order valence-electron chi connectivity index (χ0n) is 9.07. The summed E-state index contributed by atoms with van der Waals surface area (Å²) in [5.41, 5.74) is 0. The van der Waals surface area contributed by atoms with Crippen LogP contribution in [0.1, 0.15) is 38.4 Å². The molecule has 4 nitrogen and oxygen atoms in total. The van der Waals surface area contributed by atoms with E-state index in [0.29, 0.717) is 5.28 Å². The second kappa shape index (κ2) is 4.31. The predicted octanol–water partition coefficient (Wildman–Crippen LogP) is 2.25. The fourth-order valence-corrected chi connectivity index (χ4v) is 1.83. The van der Waals surface area contributed by atoms with E-state index in [2.05, 4.69) is 33.7 Å². The molecule has 1 aliphatic heterocycles. The van der Waals surface area contributed by atoms with Crippen LogP contribution in [0.4, 0.5) is 5.95 Å². The van der Waals surface area contributed by atoms with Gasteiger partial charge in [0.2, 0.25) is 11.2 Å². The van der Waals surface area contributed by atoms with Gasteiger partial charge in [0.05, 0.1) is 0 Å². The van der Waals surface area contributed by atoms with Gasteiger partial charge in [0.25, 0.3) is 0 Å². The number of hydrogen-bond acceptors (Lipinski definition) is 4. The van der Waals surface area contributed by atoms with Crippen LogP contribution in [0.2, 0.25) is 5.28 Å². The van der Waals surface area contributed by atoms with Crippen molar-refractivity contribution < 1.29 is 0 Å². The van der Waals surface area contributed by atoms with E-state index in [-0.39, 0.29) is 5.92 Å². The highest BCUT2D eigenvalue weighted by atomic mass is 35.5. The fourth-order valence-electron chi connectivity index (χ4n) is 1.67. The van der Waals surface area contributed by atoms with Crippen LogP contribution in [0.3, 0.4) is 0 Å². The second-order valence-corrected chi connectivity index (χ2v) is 4.45. The molecule has 1 saturated heterocycles. The van der Waals surface area contributed by atoms with Crippen LogP contribution in [0.5, 0.6) is 0 Å². The molecule has 0 aromatic carbocycles. The summed E-state index contributed by atoms with van der Waals surface area (Å²) < 4.78 is 0. The van der Waals surface area contributed by atoms with E-state index in [1.807, 2.05) is 0 Å². The second-order valence-electron chi connectivity index (χ2n) is 4.11. The first-order valence-electron chi connectivity index (χ1n) is 5.33. The maximum atomic E-state index is 5.88. The first-order chi connectivity index (χ1) is 7.16. The molecular formula is C10H15ClN4. The summed E-state index contributed by atoms with van der Waals surface area (Å²) in [5, 5.41) is 0.301. The van der Waals surface area contributed by atoms with Gasteiger partial charge in [-0.3, -0.25) is 0 Å². The summed E-state index contributed by atoms with van der Waals surface area (Å²) in [6, 6.07) is 0. The normalized spacial score (nSPS) is 16.4. The molecule has 2 heterocycles. The zero-order valence-corrected chi connectivity index (χ0v) is 9.83. The Hall–Kier alpha value is -0.900. The largest absolute Gasteiger partial charge is 0.341 e. The van der Waals surface area contributed by atoms with Crippen molar-refractivity contribution in [1.82, 2.24) is 15.0 Å². The minimum atomic E-state index is 0.284. The number of aromatic nitrogens is 3. The van der Waals surface area contributed by atoms with Crippen LogP contribution in [0.15, 0.2) is 0 Å². The first-order valence-corrected chi connectivity index (χ1v) is 5.71.